The molecule has 2 heteroatoms. The molecule has 0 aromatic carbocycles. The molecule has 0 unspecified atom stereocenters. The average molecular weight is 184 g/mol. The van der Waals surface area contributed by atoms with Crippen molar-refractivity contribution in [2.45, 2.75) is 38.7 Å². The first-order chi connectivity index (χ1) is 6.29. The Morgan fingerprint density at radius 1 is 1.54 bits per heavy atom. The Bertz CT molecular complexity index is 165. The molecule has 0 bridgehead atoms. The van der Waals surface area contributed by atoms with Gasteiger partial charge in [0.15, 0.2) is 0 Å². The Labute approximate surface area is 80.6 Å². The first kappa shape index (κ1) is 10.7. The van der Waals surface area contributed by atoms with Gasteiger partial charge in [0.25, 0.3) is 0 Å². The number of unbranched alkanes of at least 4 members (excludes halogenated alkanes) is 2. The third kappa shape index (κ3) is 2.82. The zero-order valence-corrected chi connectivity index (χ0v) is 8.46. The molecule has 2 atom stereocenters. The molecule has 1 aliphatic heterocycles. The number of rotatable bonds is 5. The van der Waals surface area contributed by atoms with Gasteiger partial charge in [0.2, 0.25) is 0 Å². The second kappa shape index (κ2) is 5.40. The minimum atomic E-state index is 0.190. The van der Waals surface area contributed by atoms with Gasteiger partial charge < -0.3 is 9.84 Å². The highest BCUT2D eigenvalue weighted by Gasteiger charge is 2.29. The number of aliphatic hydroxyl groups excluding tert-OH is 1. The molecule has 1 rings (SSSR count). The van der Waals surface area contributed by atoms with E-state index >= 15 is 0 Å². The summed E-state index contributed by atoms with van der Waals surface area (Å²) >= 11 is 0. The van der Waals surface area contributed by atoms with Gasteiger partial charge in [0.1, 0.15) is 0 Å². The van der Waals surface area contributed by atoms with E-state index in [1.165, 1.54) is 19.3 Å². The third-order valence-electron chi connectivity index (χ3n) is 2.74. The topological polar surface area (TPSA) is 29.5 Å². The zero-order chi connectivity index (χ0) is 9.68. The normalized spacial score (nSPS) is 28.3. The van der Waals surface area contributed by atoms with E-state index < -0.39 is 0 Å². The highest BCUT2D eigenvalue weighted by molar-refractivity contribution is 5.08. The van der Waals surface area contributed by atoms with Gasteiger partial charge in [0, 0.05) is 5.92 Å². The molecule has 0 radical (unpaired) electrons. The fourth-order valence-corrected chi connectivity index (χ4v) is 1.83. The van der Waals surface area contributed by atoms with E-state index in [0.717, 1.165) is 12.0 Å². The fraction of sp³-hybridized carbons (Fsp3) is 0.818. The second-order valence-corrected chi connectivity index (χ2v) is 3.79. The molecule has 1 aliphatic rings. The summed E-state index contributed by atoms with van der Waals surface area (Å²) in [6, 6.07) is 0. The lowest BCUT2D eigenvalue weighted by Crippen LogP contribution is -2.19. The molecule has 0 saturated carbocycles. The average Bonchev–Trinajstić information content (AvgIpc) is 2.47. The van der Waals surface area contributed by atoms with Gasteiger partial charge in [-0.25, -0.2) is 0 Å². The number of hydrogen-bond donors (Lipinski definition) is 1. The molecule has 1 N–H and O–H groups in total. The lowest BCUT2D eigenvalue weighted by molar-refractivity contribution is 0.0640. The van der Waals surface area contributed by atoms with Gasteiger partial charge in [-0.1, -0.05) is 32.8 Å². The Morgan fingerprint density at radius 3 is 2.92 bits per heavy atom. The summed E-state index contributed by atoms with van der Waals surface area (Å²) in [5.41, 5.74) is 1.06. The summed E-state index contributed by atoms with van der Waals surface area (Å²) in [6.45, 7) is 6.92. The molecule has 0 aromatic rings. The van der Waals surface area contributed by atoms with E-state index in [2.05, 4.69) is 13.5 Å². The van der Waals surface area contributed by atoms with Crippen LogP contribution in [0.2, 0.25) is 0 Å². The van der Waals surface area contributed by atoms with Gasteiger partial charge in [-0.3, -0.25) is 0 Å². The van der Waals surface area contributed by atoms with Gasteiger partial charge in [-0.15, -0.1) is 0 Å². The number of aliphatic hydroxyl groups is 1. The van der Waals surface area contributed by atoms with Crippen LogP contribution in [0.15, 0.2) is 12.2 Å². The lowest BCUT2D eigenvalue weighted by Gasteiger charge is -2.15. The van der Waals surface area contributed by atoms with Gasteiger partial charge in [0.05, 0.1) is 19.3 Å². The predicted molar refractivity (Wildman–Crippen MR) is 53.6 cm³/mol. The minimum absolute atomic E-state index is 0.190. The smallest absolute Gasteiger partial charge is 0.0682 e. The SMILES string of the molecule is C=C1CO[C@@H](CCCCC)[C@@H]1CO. The van der Waals surface area contributed by atoms with E-state index in [-0.39, 0.29) is 18.6 Å². The van der Waals surface area contributed by atoms with Crippen molar-refractivity contribution in [3.63, 3.8) is 0 Å². The van der Waals surface area contributed by atoms with Crippen LogP contribution in [0.25, 0.3) is 0 Å². The Balaban J connectivity index is 2.28. The molecule has 0 amide bonds. The molecule has 1 saturated heterocycles. The van der Waals surface area contributed by atoms with Crippen molar-refractivity contribution in [1.82, 2.24) is 0 Å². The summed E-state index contributed by atoms with van der Waals surface area (Å²) < 4.78 is 5.56. The van der Waals surface area contributed by atoms with E-state index in [1.807, 2.05) is 0 Å². The van der Waals surface area contributed by atoms with Gasteiger partial charge in [-0.2, -0.15) is 0 Å². The van der Waals surface area contributed by atoms with Crippen LogP contribution in [0, 0.1) is 5.92 Å². The van der Waals surface area contributed by atoms with Crippen LogP contribution in [0.3, 0.4) is 0 Å². The molecule has 0 aliphatic carbocycles. The van der Waals surface area contributed by atoms with Crippen molar-refractivity contribution < 1.29 is 9.84 Å². The van der Waals surface area contributed by atoms with Crippen LogP contribution < -0.4 is 0 Å². The van der Waals surface area contributed by atoms with E-state index in [0.29, 0.717) is 6.61 Å². The fourth-order valence-electron chi connectivity index (χ4n) is 1.83. The summed E-state index contributed by atoms with van der Waals surface area (Å²) in [5, 5.41) is 9.12. The first-order valence-corrected chi connectivity index (χ1v) is 5.19. The van der Waals surface area contributed by atoms with Crippen LogP contribution in [0.1, 0.15) is 32.6 Å². The number of ether oxygens (including phenoxy) is 1. The lowest BCUT2D eigenvalue weighted by atomic mass is 9.95. The molecular formula is C11H20O2. The second-order valence-electron chi connectivity index (χ2n) is 3.79. The Hall–Kier alpha value is -0.340. The van der Waals surface area contributed by atoms with Crippen molar-refractivity contribution >= 4 is 0 Å². The van der Waals surface area contributed by atoms with Crippen molar-refractivity contribution in [3.05, 3.63) is 12.2 Å². The van der Waals surface area contributed by atoms with Gasteiger partial charge >= 0.3 is 0 Å². The highest BCUT2D eigenvalue weighted by Crippen LogP contribution is 2.28. The molecule has 0 spiro atoms. The predicted octanol–water partition coefficient (Wildman–Crippen LogP) is 2.13. The maximum absolute atomic E-state index is 9.12. The molecule has 2 nitrogen and oxygen atoms in total. The monoisotopic (exact) mass is 184 g/mol. The van der Waals surface area contributed by atoms with Crippen LogP contribution in [-0.4, -0.2) is 24.4 Å². The summed E-state index contributed by atoms with van der Waals surface area (Å²) in [4.78, 5) is 0. The van der Waals surface area contributed by atoms with Crippen molar-refractivity contribution in [1.29, 1.82) is 0 Å². The molecule has 76 valence electrons. The molecule has 13 heavy (non-hydrogen) atoms. The third-order valence-corrected chi connectivity index (χ3v) is 2.74. The molecule has 1 heterocycles. The van der Waals surface area contributed by atoms with E-state index in [1.54, 1.807) is 0 Å². The summed E-state index contributed by atoms with van der Waals surface area (Å²) in [5.74, 6) is 0.192. The molecule has 1 fully saturated rings. The molecular weight excluding hydrogens is 164 g/mol. The first-order valence-electron chi connectivity index (χ1n) is 5.19. The van der Waals surface area contributed by atoms with Gasteiger partial charge in [-0.05, 0) is 12.0 Å². The Morgan fingerprint density at radius 2 is 2.31 bits per heavy atom. The zero-order valence-electron chi connectivity index (χ0n) is 8.46. The van der Waals surface area contributed by atoms with Crippen LogP contribution in [0.4, 0.5) is 0 Å². The van der Waals surface area contributed by atoms with Crippen molar-refractivity contribution in [2.75, 3.05) is 13.2 Å². The maximum atomic E-state index is 9.12. The summed E-state index contributed by atoms with van der Waals surface area (Å²) in [7, 11) is 0. The van der Waals surface area contributed by atoms with Crippen LogP contribution in [0.5, 0.6) is 0 Å². The van der Waals surface area contributed by atoms with Crippen molar-refractivity contribution in [2.24, 2.45) is 5.92 Å². The largest absolute Gasteiger partial charge is 0.396 e. The maximum Gasteiger partial charge on any atom is 0.0682 e. The quantitative estimate of drug-likeness (QED) is 0.524. The minimum Gasteiger partial charge on any atom is -0.396 e. The standard InChI is InChI=1S/C11H20O2/c1-3-4-5-6-11-10(7-12)9(2)8-13-11/h10-12H,2-8H2,1H3/t10-,11+/m1/s1. The van der Waals surface area contributed by atoms with Crippen molar-refractivity contribution in [3.8, 4) is 0 Å². The Kier molecular flexibility index (Phi) is 4.46. The summed E-state index contributed by atoms with van der Waals surface area (Å²) in [6.07, 6.45) is 4.98. The van der Waals surface area contributed by atoms with Crippen LogP contribution >= 0.6 is 0 Å². The van der Waals surface area contributed by atoms with E-state index in [9.17, 15) is 0 Å². The molecule has 0 aromatic heterocycles. The van der Waals surface area contributed by atoms with E-state index in [4.69, 9.17) is 9.84 Å². The highest BCUT2D eigenvalue weighted by atomic mass is 16.5. The number of hydrogen-bond acceptors (Lipinski definition) is 2. The van der Waals surface area contributed by atoms with Crippen LogP contribution in [-0.2, 0) is 4.74 Å².